The number of benzene rings is 1. The van der Waals surface area contributed by atoms with E-state index in [-0.39, 0.29) is 17.9 Å². The van der Waals surface area contributed by atoms with Crippen molar-refractivity contribution in [1.29, 1.82) is 0 Å². The summed E-state index contributed by atoms with van der Waals surface area (Å²) in [4.78, 5) is 14.6. The van der Waals surface area contributed by atoms with E-state index in [9.17, 15) is 4.79 Å². The summed E-state index contributed by atoms with van der Waals surface area (Å²) in [5, 5.41) is 0.693. The van der Waals surface area contributed by atoms with Crippen molar-refractivity contribution in [1.82, 2.24) is 0 Å². The third kappa shape index (κ3) is 2.49. The molecule has 1 saturated carbocycles. The van der Waals surface area contributed by atoms with Crippen LogP contribution in [-0.4, -0.2) is 18.5 Å². The van der Waals surface area contributed by atoms with Crippen LogP contribution in [0.25, 0.3) is 0 Å². The fourth-order valence-electron chi connectivity index (χ4n) is 3.25. The van der Waals surface area contributed by atoms with Gasteiger partial charge in [-0.25, -0.2) is 0 Å². The number of hydrogen-bond acceptors (Lipinski definition) is 2. The number of nitrogens with two attached hydrogens (primary N) is 1. The summed E-state index contributed by atoms with van der Waals surface area (Å²) in [7, 11) is 0. The molecular weight excluding hydrogens is 260 g/mol. The summed E-state index contributed by atoms with van der Waals surface area (Å²) in [6, 6.07) is 6.01. The maximum atomic E-state index is 12.6. The number of rotatable bonds is 1. The molecule has 19 heavy (non-hydrogen) atoms. The maximum Gasteiger partial charge on any atom is 0.230 e. The zero-order valence-electron chi connectivity index (χ0n) is 10.9. The maximum absolute atomic E-state index is 12.6. The average Bonchev–Trinajstić information content (AvgIpc) is 2.80. The van der Waals surface area contributed by atoms with Crippen molar-refractivity contribution in [2.45, 2.75) is 38.1 Å². The van der Waals surface area contributed by atoms with Crippen LogP contribution in [-0.2, 0) is 11.2 Å². The Morgan fingerprint density at radius 3 is 3.00 bits per heavy atom. The van der Waals surface area contributed by atoms with Crippen LogP contribution in [0.4, 0.5) is 5.69 Å². The number of hydrogen-bond donors (Lipinski definition) is 1. The predicted molar refractivity (Wildman–Crippen MR) is 77.4 cm³/mol. The van der Waals surface area contributed by atoms with Crippen LogP contribution in [0.1, 0.15) is 31.2 Å². The predicted octanol–water partition coefficient (Wildman–Crippen LogP) is 2.75. The molecule has 0 spiro atoms. The van der Waals surface area contributed by atoms with Gasteiger partial charge in [-0.3, -0.25) is 4.79 Å². The van der Waals surface area contributed by atoms with E-state index < -0.39 is 0 Å². The van der Waals surface area contributed by atoms with Crippen molar-refractivity contribution < 1.29 is 4.79 Å². The Morgan fingerprint density at radius 1 is 1.37 bits per heavy atom. The van der Waals surface area contributed by atoms with Crippen molar-refractivity contribution >= 4 is 23.2 Å². The van der Waals surface area contributed by atoms with Gasteiger partial charge in [-0.2, -0.15) is 0 Å². The molecule has 0 radical (unpaired) electrons. The highest BCUT2D eigenvalue weighted by Gasteiger charge is 2.32. The summed E-state index contributed by atoms with van der Waals surface area (Å²) in [6.07, 6.45) is 4.83. The Kier molecular flexibility index (Phi) is 3.50. The lowest BCUT2D eigenvalue weighted by Crippen LogP contribution is -2.40. The Morgan fingerprint density at radius 2 is 2.21 bits per heavy atom. The fourth-order valence-corrected chi connectivity index (χ4v) is 3.42. The van der Waals surface area contributed by atoms with Gasteiger partial charge in [-0.15, -0.1) is 0 Å². The number of halogens is 1. The topological polar surface area (TPSA) is 46.3 Å². The number of anilines is 1. The van der Waals surface area contributed by atoms with Gasteiger partial charge in [0, 0.05) is 29.2 Å². The monoisotopic (exact) mass is 278 g/mol. The average molecular weight is 279 g/mol. The van der Waals surface area contributed by atoms with E-state index in [4.69, 9.17) is 17.3 Å². The molecule has 3 nitrogen and oxygen atoms in total. The number of fused-ring (bicyclic) bond motifs is 1. The molecule has 1 amide bonds. The molecule has 1 aliphatic heterocycles. The van der Waals surface area contributed by atoms with Gasteiger partial charge in [0.2, 0.25) is 5.91 Å². The summed E-state index contributed by atoms with van der Waals surface area (Å²) in [6.45, 7) is 0.778. The van der Waals surface area contributed by atoms with Crippen molar-refractivity contribution in [2.75, 3.05) is 11.4 Å². The van der Waals surface area contributed by atoms with Crippen LogP contribution >= 0.6 is 11.6 Å². The largest absolute Gasteiger partial charge is 0.328 e. The number of carbonyl (C=O) groups excluding carboxylic acids is 1. The number of nitrogens with zero attached hydrogens (tertiary/aromatic N) is 1. The molecular formula is C15H19ClN2O. The Hall–Kier alpha value is -1.06. The second kappa shape index (κ2) is 5.14. The van der Waals surface area contributed by atoms with Crippen molar-refractivity contribution in [2.24, 2.45) is 11.7 Å². The van der Waals surface area contributed by atoms with E-state index in [0.29, 0.717) is 5.02 Å². The molecule has 4 heteroatoms. The fraction of sp³-hybridized carbons (Fsp3) is 0.533. The molecule has 1 aliphatic carbocycles. The molecule has 3 rings (SSSR count). The quantitative estimate of drug-likeness (QED) is 0.859. The lowest BCUT2D eigenvalue weighted by atomic mass is 9.85. The van der Waals surface area contributed by atoms with Gasteiger partial charge in [0.05, 0.1) is 0 Å². The second-order valence-corrected chi connectivity index (χ2v) is 6.07. The zero-order valence-corrected chi connectivity index (χ0v) is 11.7. The minimum absolute atomic E-state index is 0.0914. The molecule has 1 fully saturated rings. The van der Waals surface area contributed by atoms with Crippen molar-refractivity contribution in [3.05, 3.63) is 28.8 Å². The Balaban J connectivity index is 1.81. The Bertz CT molecular complexity index is 503. The molecule has 0 saturated heterocycles. The first kappa shape index (κ1) is 12.9. The van der Waals surface area contributed by atoms with E-state index in [1.54, 1.807) is 0 Å². The van der Waals surface area contributed by atoms with Crippen LogP contribution in [0.15, 0.2) is 18.2 Å². The molecule has 0 aromatic heterocycles. The van der Waals surface area contributed by atoms with Crippen molar-refractivity contribution in [3.63, 3.8) is 0 Å². The summed E-state index contributed by atoms with van der Waals surface area (Å²) in [5.41, 5.74) is 8.21. The summed E-state index contributed by atoms with van der Waals surface area (Å²) < 4.78 is 0. The number of carbonyl (C=O) groups is 1. The van der Waals surface area contributed by atoms with Crippen LogP contribution in [0, 0.1) is 5.92 Å². The normalized spacial score (nSPS) is 26.3. The molecule has 1 heterocycles. The van der Waals surface area contributed by atoms with Gasteiger partial charge in [0.25, 0.3) is 0 Å². The highest BCUT2D eigenvalue weighted by Crippen LogP contribution is 2.34. The first-order valence-electron chi connectivity index (χ1n) is 7.00. The minimum atomic E-state index is 0.0914. The zero-order chi connectivity index (χ0) is 13.4. The van der Waals surface area contributed by atoms with Gasteiger partial charge in [0.15, 0.2) is 0 Å². The molecule has 0 bridgehead atoms. The van der Waals surface area contributed by atoms with Crippen LogP contribution in [0.3, 0.4) is 0 Å². The first-order valence-corrected chi connectivity index (χ1v) is 7.38. The molecule has 2 unspecified atom stereocenters. The molecule has 1 aromatic carbocycles. The standard InChI is InChI=1S/C15H19ClN2O/c16-12-5-4-10-6-7-18(14(10)9-12)15(19)11-2-1-3-13(17)8-11/h4-5,9,11,13H,1-3,6-8,17H2. The van der Waals surface area contributed by atoms with E-state index >= 15 is 0 Å². The first-order chi connectivity index (χ1) is 9.15. The van der Waals surface area contributed by atoms with E-state index in [1.165, 1.54) is 5.56 Å². The van der Waals surface area contributed by atoms with Crippen molar-refractivity contribution in [3.8, 4) is 0 Å². The molecule has 2 atom stereocenters. The van der Waals surface area contributed by atoms with Crippen LogP contribution in [0.2, 0.25) is 5.02 Å². The second-order valence-electron chi connectivity index (χ2n) is 5.64. The molecule has 2 N–H and O–H groups in total. The van der Waals surface area contributed by atoms with E-state index in [1.807, 2.05) is 23.1 Å². The van der Waals surface area contributed by atoms with Crippen LogP contribution in [0.5, 0.6) is 0 Å². The third-order valence-electron chi connectivity index (χ3n) is 4.27. The lowest BCUT2D eigenvalue weighted by molar-refractivity contribution is -0.123. The lowest BCUT2D eigenvalue weighted by Gasteiger charge is -2.29. The van der Waals surface area contributed by atoms with Gasteiger partial charge in [0.1, 0.15) is 0 Å². The smallest absolute Gasteiger partial charge is 0.230 e. The van der Waals surface area contributed by atoms with Gasteiger partial charge >= 0.3 is 0 Å². The highest BCUT2D eigenvalue weighted by atomic mass is 35.5. The summed E-state index contributed by atoms with van der Waals surface area (Å²) >= 11 is 6.04. The third-order valence-corrected chi connectivity index (χ3v) is 4.51. The number of amides is 1. The minimum Gasteiger partial charge on any atom is -0.328 e. The van der Waals surface area contributed by atoms with Gasteiger partial charge in [-0.1, -0.05) is 24.1 Å². The SMILES string of the molecule is NC1CCCC(C(=O)N2CCc3ccc(Cl)cc32)C1. The van der Waals surface area contributed by atoms with Gasteiger partial charge in [-0.05, 0) is 43.4 Å². The Labute approximate surface area is 118 Å². The van der Waals surface area contributed by atoms with Crippen LogP contribution < -0.4 is 10.6 Å². The highest BCUT2D eigenvalue weighted by molar-refractivity contribution is 6.31. The molecule has 2 aliphatic rings. The van der Waals surface area contributed by atoms with Gasteiger partial charge < -0.3 is 10.6 Å². The van der Waals surface area contributed by atoms with E-state index in [0.717, 1.165) is 44.3 Å². The van der Waals surface area contributed by atoms with E-state index in [2.05, 4.69) is 0 Å². The molecule has 102 valence electrons. The summed E-state index contributed by atoms with van der Waals surface area (Å²) in [5.74, 6) is 0.324. The molecule has 1 aromatic rings.